The van der Waals surface area contributed by atoms with Crippen LogP contribution in [0.1, 0.15) is 33.6 Å². The lowest BCUT2D eigenvalue weighted by molar-refractivity contribution is -0.130. The van der Waals surface area contributed by atoms with E-state index in [-0.39, 0.29) is 34.8 Å². The number of nitrogens with zero attached hydrogens (tertiary/aromatic N) is 3. The fourth-order valence-electron chi connectivity index (χ4n) is 2.60. The second-order valence-electron chi connectivity index (χ2n) is 5.94. The highest BCUT2D eigenvalue weighted by molar-refractivity contribution is 8.14. The molecule has 8 heteroatoms. The molecule has 1 unspecified atom stereocenters. The number of aliphatic imine (C=N–C) groups is 2. The zero-order chi connectivity index (χ0) is 17.9. The van der Waals surface area contributed by atoms with E-state index in [1.165, 1.54) is 18.7 Å². The number of amidine groups is 1. The lowest BCUT2D eigenvalue weighted by Crippen LogP contribution is -2.47. The Labute approximate surface area is 151 Å². The molecule has 2 aliphatic rings. The van der Waals surface area contributed by atoms with Crippen molar-refractivity contribution in [3.63, 3.8) is 0 Å². The molecule has 1 saturated carbocycles. The molecule has 2 atom stereocenters. The lowest BCUT2D eigenvalue weighted by Gasteiger charge is -2.33. The van der Waals surface area contributed by atoms with Crippen LogP contribution in [0.3, 0.4) is 0 Å². The van der Waals surface area contributed by atoms with E-state index in [4.69, 9.17) is 11.6 Å². The van der Waals surface area contributed by atoms with Crippen LogP contribution in [-0.2, 0) is 9.59 Å². The number of carbonyl (C=O) groups is 2. The average molecular weight is 371 g/mol. The van der Waals surface area contributed by atoms with Gasteiger partial charge in [0, 0.05) is 25.3 Å². The summed E-state index contributed by atoms with van der Waals surface area (Å²) >= 11 is 7.52. The van der Waals surface area contributed by atoms with Gasteiger partial charge in [0.25, 0.3) is 5.91 Å². The smallest absolute Gasteiger partial charge is 0.258 e. The van der Waals surface area contributed by atoms with E-state index in [0.29, 0.717) is 23.4 Å². The topological polar surface area (TPSA) is 74.1 Å². The van der Waals surface area contributed by atoms with E-state index in [1.807, 2.05) is 13.8 Å². The van der Waals surface area contributed by atoms with E-state index in [9.17, 15) is 9.59 Å². The molecule has 0 bridgehead atoms. The molecule has 0 saturated heterocycles. The van der Waals surface area contributed by atoms with E-state index in [0.717, 1.165) is 12.8 Å². The summed E-state index contributed by atoms with van der Waals surface area (Å²) < 4.78 is 0. The summed E-state index contributed by atoms with van der Waals surface area (Å²) in [6, 6.07) is 0.0476. The summed E-state index contributed by atoms with van der Waals surface area (Å²) in [7, 11) is 0. The first-order chi connectivity index (χ1) is 11.3. The number of nitrogens with one attached hydrogen (secondary N) is 1. The van der Waals surface area contributed by atoms with Gasteiger partial charge < -0.3 is 10.2 Å². The zero-order valence-corrected chi connectivity index (χ0v) is 15.8. The Bertz CT molecular complexity index is 601. The average Bonchev–Trinajstić information content (AvgIpc) is 3.28. The van der Waals surface area contributed by atoms with Crippen LogP contribution in [0.15, 0.2) is 22.1 Å². The maximum atomic E-state index is 12.9. The Morgan fingerprint density at radius 1 is 1.54 bits per heavy atom. The molecule has 0 aromatic rings. The van der Waals surface area contributed by atoms with E-state index >= 15 is 0 Å². The van der Waals surface area contributed by atoms with Crippen LogP contribution in [0.5, 0.6) is 0 Å². The molecule has 1 N–H and O–H groups in total. The predicted molar refractivity (Wildman–Crippen MR) is 99.5 cm³/mol. The highest BCUT2D eigenvalue weighted by Gasteiger charge is 2.40. The van der Waals surface area contributed by atoms with Gasteiger partial charge >= 0.3 is 0 Å². The molecule has 1 aliphatic carbocycles. The number of amides is 2. The first kappa shape index (κ1) is 19.0. The highest BCUT2D eigenvalue weighted by atomic mass is 35.5. The highest BCUT2D eigenvalue weighted by Crippen LogP contribution is 2.37. The second kappa shape index (κ2) is 8.16. The molecule has 1 fully saturated rings. The van der Waals surface area contributed by atoms with Crippen molar-refractivity contribution in [2.24, 2.45) is 15.9 Å². The Hall–Kier alpha value is -1.34. The van der Waals surface area contributed by atoms with E-state index in [2.05, 4.69) is 21.9 Å². The molecule has 2 rings (SSSR count). The molecule has 0 aromatic heterocycles. The van der Waals surface area contributed by atoms with E-state index < -0.39 is 0 Å². The van der Waals surface area contributed by atoms with Crippen LogP contribution >= 0.6 is 23.4 Å². The number of hydrogen-bond acceptors (Lipinski definition) is 5. The molecule has 6 nitrogen and oxygen atoms in total. The van der Waals surface area contributed by atoms with Crippen molar-refractivity contribution < 1.29 is 9.59 Å². The molecule has 2 amide bonds. The zero-order valence-electron chi connectivity index (χ0n) is 14.2. The molecular weight excluding hydrogens is 348 g/mol. The van der Waals surface area contributed by atoms with Gasteiger partial charge in [-0.25, -0.2) is 4.99 Å². The summed E-state index contributed by atoms with van der Waals surface area (Å²) in [4.78, 5) is 34.5. The van der Waals surface area contributed by atoms with Crippen LogP contribution in [0, 0.1) is 5.92 Å². The maximum absolute atomic E-state index is 12.9. The van der Waals surface area contributed by atoms with Gasteiger partial charge in [-0.1, -0.05) is 29.9 Å². The van der Waals surface area contributed by atoms with Crippen LogP contribution in [0.4, 0.5) is 0 Å². The third kappa shape index (κ3) is 4.60. The monoisotopic (exact) mass is 370 g/mol. The van der Waals surface area contributed by atoms with Crippen LogP contribution in [0.2, 0.25) is 0 Å². The lowest BCUT2D eigenvalue weighted by atomic mass is 10.1. The fraction of sp³-hybridized carbons (Fsp3) is 0.625. The second-order valence-corrected chi connectivity index (χ2v) is 7.31. The van der Waals surface area contributed by atoms with Crippen molar-refractivity contribution in [3.05, 3.63) is 12.2 Å². The maximum Gasteiger partial charge on any atom is 0.258 e. The third-order valence-corrected chi connectivity index (χ3v) is 5.31. The Morgan fingerprint density at radius 3 is 2.75 bits per heavy atom. The molecule has 1 aliphatic heterocycles. The van der Waals surface area contributed by atoms with Gasteiger partial charge in [-0.2, -0.15) is 0 Å². The number of thioether (sulfide) groups is 1. The fourth-order valence-corrected chi connectivity index (χ4v) is 3.76. The SMILES string of the molecule is C=C(C(=O)N(C1CSC(NC(C)=O)=N1)[C@@H](C)C1CC1)C(Cl)=NCC. The minimum atomic E-state index is -0.331. The Kier molecular flexibility index (Phi) is 6.46. The summed E-state index contributed by atoms with van der Waals surface area (Å²) in [5.74, 6) is 0.676. The Balaban J connectivity index is 2.21. The van der Waals surface area contributed by atoms with Gasteiger partial charge in [0.1, 0.15) is 11.3 Å². The van der Waals surface area contributed by atoms with Crippen LogP contribution < -0.4 is 5.32 Å². The molecule has 0 aromatic carbocycles. The number of halogens is 1. The van der Waals surface area contributed by atoms with Gasteiger partial charge in [-0.3, -0.25) is 14.6 Å². The van der Waals surface area contributed by atoms with Gasteiger partial charge in [-0.15, -0.1) is 0 Å². The summed E-state index contributed by atoms with van der Waals surface area (Å²) in [5.41, 5.74) is 0.194. The normalized spacial score (nSPS) is 21.9. The summed E-state index contributed by atoms with van der Waals surface area (Å²) in [6.07, 6.45) is 1.88. The third-order valence-electron chi connectivity index (χ3n) is 4.02. The van der Waals surface area contributed by atoms with Crippen molar-refractivity contribution in [2.45, 2.75) is 45.8 Å². The molecule has 24 heavy (non-hydrogen) atoms. The molecule has 0 spiro atoms. The van der Waals surface area contributed by atoms with Crippen molar-refractivity contribution in [2.75, 3.05) is 12.3 Å². The summed E-state index contributed by atoms with van der Waals surface area (Å²) in [5, 5.41) is 3.38. The van der Waals surface area contributed by atoms with Crippen LogP contribution in [0.25, 0.3) is 0 Å². The minimum Gasteiger partial charge on any atom is -0.312 e. The van der Waals surface area contributed by atoms with Crippen molar-refractivity contribution in [1.29, 1.82) is 0 Å². The molecule has 0 radical (unpaired) electrons. The van der Waals surface area contributed by atoms with Crippen molar-refractivity contribution >= 4 is 45.5 Å². The standard InChI is InChI=1S/C16H23ClN4O2S/c1-5-18-14(17)9(2)15(23)21(10(3)12-6-7-12)13-8-24-16(20-13)19-11(4)22/h10,12-13H,2,5-8H2,1,3-4H3,(H,19,20,22)/t10-,13?/m0/s1. The van der Waals surface area contributed by atoms with Crippen molar-refractivity contribution in [1.82, 2.24) is 10.2 Å². The first-order valence-corrected chi connectivity index (χ1v) is 9.41. The molecular formula is C16H23ClN4O2S. The minimum absolute atomic E-state index is 0.0476. The Morgan fingerprint density at radius 2 is 2.21 bits per heavy atom. The van der Waals surface area contributed by atoms with Crippen LogP contribution in [-0.4, -0.2) is 51.6 Å². The summed E-state index contributed by atoms with van der Waals surface area (Å²) in [6.45, 7) is 9.63. The quantitative estimate of drug-likeness (QED) is 0.576. The number of carbonyl (C=O) groups excluding carboxylic acids is 2. The van der Waals surface area contributed by atoms with Gasteiger partial charge in [-0.05, 0) is 32.6 Å². The van der Waals surface area contributed by atoms with Gasteiger partial charge in [0.2, 0.25) is 5.91 Å². The first-order valence-electron chi connectivity index (χ1n) is 8.05. The largest absolute Gasteiger partial charge is 0.312 e. The van der Waals surface area contributed by atoms with Crippen molar-refractivity contribution in [3.8, 4) is 0 Å². The van der Waals surface area contributed by atoms with Gasteiger partial charge in [0.15, 0.2) is 5.17 Å². The van der Waals surface area contributed by atoms with E-state index in [1.54, 1.807) is 4.90 Å². The van der Waals surface area contributed by atoms with Gasteiger partial charge in [0.05, 0.1) is 5.57 Å². The molecule has 1 heterocycles. The number of hydrogen-bond donors (Lipinski definition) is 1. The molecule has 132 valence electrons. The number of rotatable bonds is 6. The predicted octanol–water partition coefficient (Wildman–Crippen LogP) is 2.39.